The van der Waals surface area contributed by atoms with Crippen LogP contribution in [0.2, 0.25) is 0 Å². The van der Waals surface area contributed by atoms with Gasteiger partial charge in [0.05, 0.1) is 19.0 Å². The van der Waals surface area contributed by atoms with Crippen LogP contribution in [0, 0.1) is 0 Å². The van der Waals surface area contributed by atoms with E-state index >= 15 is 0 Å². The van der Waals surface area contributed by atoms with E-state index < -0.39 is 60.8 Å². The minimum absolute atomic E-state index is 0.132. The second kappa shape index (κ2) is 11.5. The molecule has 0 fully saturated rings. The molecule has 0 aromatic rings. The lowest BCUT2D eigenvalue weighted by Crippen LogP contribution is -2.54. The number of thiol groups is 2. The van der Waals surface area contributed by atoms with Crippen LogP contribution in [0.3, 0.4) is 0 Å². The summed E-state index contributed by atoms with van der Waals surface area (Å²) >= 11 is 7.66. The van der Waals surface area contributed by atoms with Crippen molar-refractivity contribution in [2.75, 3.05) is 18.1 Å². The fourth-order valence-corrected chi connectivity index (χ4v) is 1.98. The van der Waals surface area contributed by atoms with Crippen molar-refractivity contribution in [1.82, 2.24) is 16.0 Å². The van der Waals surface area contributed by atoms with Gasteiger partial charge in [-0.2, -0.15) is 25.3 Å². The molecule has 0 saturated carbocycles. The van der Waals surface area contributed by atoms with Gasteiger partial charge in [-0.05, 0) is 0 Å². The molecule has 0 heterocycles. The van der Waals surface area contributed by atoms with Gasteiger partial charge < -0.3 is 31.9 Å². The molecule has 0 spiro atoms. The predicted octanol–water partition coefficient (Wildman–Crippen LogP) is -3.18. The van der Waals surface area contributed by atoms with Crippen molar-refractivity contribution in [2.45, 2.75) is 24.5 Å². The SMILES string of the molecule is NC(CC(=O)O)C(=O)NC(CS)C(=O)NCC(=O)NC(CS)C(=O)O. The van der Waals surface area contributed by atoms with Gasteiger partial charge in [0, 0.05) is 11.5 Å². The highest BCUT2D eigenvalue weighted by Crippen LogP contribution is 1.94. The molecule has 0 saturated heterocycles. The first-order chi connectivity index (χ1) is 11.6. The summed E-state index contributed by atoms with van der Waals surface area (Å²) < 4.78 is 0. The summed E-state index contributed by atoms with van der Waals surface area (Å²) in [5.74, 6) is -5.20. The monoisotopic (exact) mass is 396 g/mol. The van der Waals surface area contributed by atoms with Crippen molar-refractivity contribution in [3.63, 3.8) is 0 Å². The van der Waals surface area contributed by atoms with Gasteiger partial charge in [-0.3, -0.25) is 19.2 Å². The molecule has 0 radical (unpaired) electrons. The van der Waals surface area contributed by atoms with E-state index in [1.165, 1.54) is 0 Å². The molecule has 0 bridgehead atoms. The highest BCUT2D eigenvalue weighted by molar-refractivity contribution is 7.80. The third kappa shape index (κ3) is 9.16. The second-order valence-electron chi connectivity index (χ2n) is 4.81. The number of carbonyl (C=O) groups is 5. The van der Waals surface area contributed by atoms with E-state index in [-0.39, 0.29) is 11.5 Å². The van der Waals surface area contributed by atoms with E-state index in [0.29, 0.717) is 0 Å². The lowest BCUT2D eigenvalue weighted by atomic mass is 10.2. The van der Waals surface area contributed by atoms with E-state index in [9.17, 15) is 24.0 Å². The summed E-state index contributed by atoms with van der Waals surface area (Å²) in [6.07, 6.45) is -0.616. The molecule has 0 aliphatic heterocycles. The third-order valence-corrected chi connectivity index (χ3v) is 3.52. The van der Waals surface area contributed by atoms with Crippen LogP contribution in [-0.4, -0.2) is 76.0 Å². The summed E-state index contributed by atoms with van der Waals surface area (Å²) in [5, 5.41) is 23.9. The Balaban J connectivity index is 4.50. The number of hydrogen-bond acceptors (Lipinski definition) is 8. The molecule has 0 aromatic heterocycles. The zero-order chi connectivity index (χ0) is 19.6. The van der Waals surface area contributed by atoms with Crippen molar-refractivity contribution in [3.8, 4) is 0 Å². The Hall–Kier alpha value is -1.99. The van der Waals surface area contributed by atoms with Crippen LogP contribution in [0.15, 0.2) is 0 Å². The van der Waals surface area contributed by atoms with E-state index in [0.717, 1.165) is 0 Å². The first-order valence-corrected chi connectivity index (χ1v) is 8.18. The highest BCUT2D eigenvalue weighted by Gasteiger charge is 2.25. The van der Waals surface area contributed by atoms with Gasteiger partial charge in [0.25, 0.3) is 0 Å². The predicted molar refractivity (Wildman–Crippen MR) is 92.4 cm³/mol. The topological polar surface area (TPSA) is 188 Å². The number of nitrogens with one attached hydrogen (secondary N) is 3. The number of carbonyl (C=O) groups excluding carboxylic acids is 3. The van der Waals surface area contributed by atoms with Crippen LogP contribution in [0.1, 0.15) is 6.42 Å². The molecule has 0 aliphatic rings. The molecule has 7 N–H and O–H groups in total. The molecule has 0 aliphatic carbocycles. The fourth-order valence-electron chi connectivity index (χ4n) is 1.48. The smallest absolute Gasteiger partial charge is 0.327 e. The summed E-state index contributed by atoms with van der Waals surface area (Å²) in [4.78, 5) is 56.4. The first kappa shape index (κ1) is 23.0. The Morgan fingerprint density at radius 2 is 1.48 bits per heavy atom. The zero-order valence-corrected chi connectivity index (χ0v) is 14.8. The van der Waals surface area contributed by atoms with Gasteiger partial charge in [-0.15, -0.1) is 0 Å². The Bertz CT molecular complexity index is 532. The number of rotatable bonds is 11. The lowest BCUT2D eigenvalue weighted by molar-refractivity contribution is -0.141. The minimum atomic E-state index is -1.34. The van der Waals surface area contributed by atoms with Crippen molar-refractivity contribution in [2.24, 2.45) is 5.73 Å². The standard InChI is InChI=1S/C12H20N4O7S2/c13-5(1-9(18)19)10(20)16-6(3-24)11(21)14-2-8(17)15-7(4-25)12(22)23/h5-7,24-25H,1-4,13H2,(H,14,21)(H,15,17)(H,16,20)(H,18,19)(H,22,23). The Labute approximate surface area is 153 Å². The molecule has 11 nitrogen and oxygen atoms in total. The normalized spacial score (nSPS) is 13.9. The molecule has 25 heavy (non-hydrogen) atoms. The molecule has 0 aromatic carbocycles. The number of amides is 3. The average molecular weight is 396 g/mol. The number of carboxylic acids is 2. The Morgan fingerprint density at radius 3 is 1.92 bits per heavy atom. The maximum absolute atomic E-state index is 11.9. The van der Waals surface area contributed by atoms with Crippen LogP contribution in [-0.2, 0) is 24.0 Å². The summed E-state index contributed by atoms with van der Waals surface area (Å²) in [5.41, 5.74) is 5.37. The van der Waals surface area contributed by atoms with Crippen LogP contribution >= 0.6 is 25.3 Å². The van der Waals surface area contributed by atoms with Crippen molar-refractivity contribution >= 4 is 54.9 Å². The van der Waals surface area contributed by atoms with Crippen LogP contribution in [0.25, 0.3) is 0 Å². The minimum Gasteiger partial charge on any atom is -0.481 e. The Kier molecular flexibility index (Phi) is 10.6. The van der Waals surface area contributed by atoms with E-state index in [2.05, 4.69) is 41.2 Å². The van der Waals surface area contributed by atoms with Gasteiger partial charge in [0.1, 0.15) is 12.1 Å². The summed E-state index contributed by atoms with van der Waals surface area (Å²) in [7, 11) is 0. The number of nitrogens with two attached hydrogens (primary N) is 1. The molecule has 3 amide bonds. The van der Waals surface area contributed by atoms with E-state index in [1.807, 2.05) is 0 Å². The first-order valence-electron chi connectivity index (χ1n) is 6.91. The van der Waals surface area contributed by atoms with Crippen LogP contribution < -0.4 is 21.7 Å². The van der Waals surface area contributed by atoms with Gasteiger partial charge in [-0.25, -0.2) is 4.79 Å². The molecular formula is C12H20N4O7S2. The lowest BCUT2D eigenvalue weighted by Gasteiger charge is -2.19. The van der Waals surface area contributed by atoms with Crippen LogP contribution in [0.5, 0.6) is 0 Å². The Morgan fingerprint density at radius 1 is 0.920 bits per heavy atom. The van der Waals surface area contributed by atoms with Gasteiger partial charge in [0.2, 0.25) is 17.7 Å². The number of aliphatic carboxylic acids is 2. The fraction of sp³-hybridized carbons (Fsp3) is 0.583. The number of carboxylic acid groups (broad SMARTS) is 2. The summed E-state index contributed by atoms with van der Waals surface area (Å²) in [6.45, 7) is -0.530. The average Bonchev–Trinajstić information content (AvgIpc) is 2.53. The van der Waals surface area contributed by atoms with Crippen molar-refractivity contribution < 1.29 is 34.2 Å². The highest BCUT2D eigenvalue weighted by atomic mass is 32.1. The van der Waals surface area contributed by atoms with Gasteiger partial charge in [-0.1, -0.05) is 0 Å². The molecule has 3 atom stereocenters. The largest absolute Gasteiger partial charge is 0.481 e. The molecule has 142 valence electrons. The zero-order valence-electron chi connectivity index (χ0n) is 13.0. The molecular weight excluding hydrogens is 376 g/mol. The molecule has 3 unspecified atom stereocenters. The van der Waals surface area contributed by atoms with Crippen LogP contribution in [0.4, 0.5) is 0 Å². The second-order valence-corrected chi connectivity index (χ2v) is 5.54. The van der Waals surface area contributed by atoms with Gasteiger partial charge in [0.15, 0.2) is 0 Å². The maximum Gasteiger partial charge on any atom is 0.327 e. The maximum atomic E-state index is 11.9. The summed E-state index contributed by atoms with van der Waals surface area (Å²) in [6, 6.07) is -3.70. The van der Waals surface area contributed by atoms with E-state index in [1.54, 1.807) is 0 Å². The molecule has 0 rings (SSSR count). The molecule has 13 heteroatoms. The quantitative estimate of drug-likeness (QED) is 0.168. The third-order valence-electron chi connectivity index (χ3n) is 2.79. The van der Waals surface area contributed by atoms with Gasteiger partial charge >= 0.3 is 11.9 Å². The van der Waals surface area contributed by atoms with Crippen molar-refractivity contribution in [1.29, 1.82) is 0 Å². The number of hydrogen-bond donors (Lipinski definition) is 8. The van der Waals surface area contributed by atoms with E-state index in [4.69, 9.17) is 15.9 Å². The van der Waals surface area contributed by atoms with Crippen molar-refractivity contribution in [3.05, 3.63) is 0 Å².